The first-order valence-electron chi connectivity index (χ1n) is 10.8. The van der Waals surface area contributed by atoms with Crippen LogP contribution < -0.4 is 25.0 Å². The van der Waals surface area contributed by atoms with Crippen LogP contribution >= 0.6 is 15.9 Å². The van der Waals surface area contributed by atoms with E-state index < -0.39 is 11.8 Å². The molecule has 0 fully saturated rings. The molecule has 0 saturated heterocycles. The van der Waals surface area contributed by atoms with E-state index in [-0.39, 0.29) is 0 Å². The van der Waals surface area contributed by atoms with Gasteiger partial charge in [-0.1, -0.05) is 42.0 Å². The van der Waals surface area contributed by atoms with Gasteiger partial charge in [0.25, 0.3) is 0 Å². The first kappa shape index (κ1) is 25.8. The lowest BCUT2D eigenvalue weighted by atomic mass is 10.2. The molecular formula is C26H26BrN3O5. The minimum atomic E-state index is -0.922. The molecule has 0 aromatic heterocycles. The third kappa shape index (κ3) is 7.31. The molecule has 2 N–H and O–H groups in total. The molecule has 3 aromatic carbocycles. The van der Waals surface area contributed by atoms with Crippen LogP contribution in [0.15, 0.2) is 70.2 Å². The number of carbonyl (C=O) groups excluding carboxylic acids is 2. The summed E-state index contributed by atoms with van der Waals surface area (Å²) >= 11 is 3.52. The summed E-state index contributed by atoms with van der Waals surface area (Å²) in [6, 6.07) is 18.4. The second-order valence-corrected chi connectivity index (χ2v) is 8.25. The number of amides is 2. The fourth-order valence-corrected chi connectivity index (χ4v) is 3.62. The van der Waals surface area contributed by atoms with Gasteiger partial charge in [-0.15, -0.1) is 0 Å². The Bertz CT molecular complexity index is 1210. The number of hydrogen-bond acceptors (Lipinski definition) is 6. The Labute approximate surface area is 212 Å². The maximum atomic E-state index is 12.2. The lowest BCUT2D eigenvalue weighted by molar-refractivity contribution is -0.136. The lowest BCUT2D eigenvalue weighted by Crippen LogP contribution is -2.32. The topological polar surface area (TPSA) is 98.2 Å². The Morgan fingerprint density at radius 3 is 2.46 bits per heavy atom. The summed E-state index contributed by atoms with van der Waals surface area (Å²) in [5.41, 5.74) is 5.44. The van der Waals surface area contributed by atoms with E-state index in [0.717, 1.165) is 5.56 Å². The molecule has 0 radical (unpaired) electrons. The van der Waals surface area contributed by atoms with Gasteiger partial charge in [-0.05, 0) is 65.2 Å². The molecule has 8 nitrogen and oxygen atoms in total. The van der Waals surface area contributed by atoms with Crippen molar-refractivity contribution in [1.82, 2.24) is 5.43 Å². The Balaban J connectivity index is 1.65. The van der Waals surface area contributed by atoms with Crippen LogP contribution in [0, 0.1) is 6.92 Å². The van der Waals surface area contributed by atoms with Crippen molar-refractivity contribution in [1.29, 1.82) is 0 Å². The van der Waals surface area contributed by atoms with Crippen LogP contribution in [0.25, 0.3) is 0 Å². The molecule has 0 aliphatic rings. The van der Waals surface area contributed by atoms with E-state index in [2.05, 4.69) is 31.8 Å². The number of anilines is 1. The summed E-state index contributed by atoms with van der Waals surface area (Å²) in [6.45, 7) is 4.72. The van der Waals surface area contributed by atoms with Gasteiger partial charge < -0.3 is 19.5 Å². The number of aryl methyl sites for hydroxylation is 1. The van der Waals surface area contributed by atoms with Crippen molar-refractivity contribution in [2.45, 2.75) is 20.5 Å². The second kappa shape index (κ2) is 12.6. The number of methoxy groups -OCH3 is 1. The number of benzene rings is 3. The molecule has 3 rings (SSSR count). The maximum absolute atomic E-state index is 12.2. The van der Waals surface area contributed by atoms with Crippen molar-refractivity contribution in [2.75, 3.05) is 19.0 Å². The molecule has 0 aliphatic heterocycles. The molecule has 2 amide bonds. The molecular weight excluding hydrogens is 514 g/mol. The van der Waals surface area contributed by atoms with Gasteiger partial charge in [0.1, 0.15) is 12.4 Å². The molecule has 0 atom stereocenters. The Hall–Kier alpha value is -3.85. The molecule has 35 heavy (non-hydrogen) atoms. The lowest BCUT2D eigenvalue weighted by Gasteiger charge is -2.15. The standard InChI is InChI=1S/C26H26BrN3O5/c1-4-34-23-14-19(13-20(27)24(23)35-16-18-11-9-17(2)10-12-18)15-28-30-26(32)25(31)29-21-7-5-6-8-22(21)33-3/h5-15H,4,16H2,1-3H3,(H,29,31)(H,30,32)/b28-15+. The normalized spacial score (nSPS) is 10.6. The largest absolute Gasteiger partial charge is 0.495 e. The van der Waals surface area contributed by atoms with Gasteiger partial charge >= 0.3 is 11.8 Å². The maximum Gasteiger partial charge on any atom is 0.329 e. The van der Waals surface area contributed by atoms with Gasteiger partial charge in [0.2, 0.25) is 0 Å². The van der Waals surface area contributed by atoms with Crippen LogP contribution in [-0.4, -0.2) is 31.7 Å². The van der Waals surface area contributed by atoms with Crippen LogP contribution in [-0.2, 0) is 16.2 Å². The monoisotopic (exact) mass is 539 g/mol. The highest BCUT2D eigenvalue weighted by molar-refractivity contribution is 9.10. The minimum absolute atomic E-state index is 0.379. The van der Waals surface area contributed by atoms with Crippen molar-refractivity contribution in [2.24, 2.45) is 5.10 Å². The minimum Gasteiger partial charge on any atom is -0.495 e. The fourth-order valence-electron chi connectivity index (χ4n) is 3.05. The Morgan fingerprint density at radius 1 is 1.00 bits per heavy atom. The average molecular weight is 540 g/mol. The molecule has 0 heterocycles. The number of hydrazone groups is 1. The summed E-state index contributed by atoms with van der Waals surface area (Å²) in [5, 5.41) is 6.38. The first-order valence-corrected chi connectivity index (χ1v) is 11.6. The number of nitrogens with zero attached hydrogens (tertiary/aromatic N) is 1. The third-order valence-corrected chi connectivity index (χ3v) is 5.37. The highest BCUT2D eigenvalue weighted by Crippen LogP contribution is 2.37. The molecule has 0 saturated carbocycles. The van der Waals surface area contributed by atoms with Crippen LogP contribution in [0.5, 0.6) is 17.2 Å². The first-order chi connectivity index (χ1) is 16.9. The smallest absolute Gasteiger partial charge is 0.329 e. The predicted molar refractivity (Wildman–Crippen MR) is 138 cm³/mol. The second-order valence-electron chi connectivity index (χ2n) is 7.39. The van der Waals surface area contributed by atoms with Gasteiger partial charge in [0, 0.05) is 0 Å². The Morgan fingerprint density at radius 2 is 1.74 bits per heavy atom. The number of halogens is 1. The Kier molecular flexibility index (Phi) is 9.25. The molecule has 3 aromatic rings. The number of ether oxygens (including phenoxy) is 3. The van der Waals surface area contributed by atoms with E-state index in [1.165, 1.54) is 18.9 Å². The van der Waals surface area contributed by atoms with E-state index in [1.54, 1.807) is 36.4 Å². The van der Waals surface area contributed by atoms with Gasteiger partial charge in [0.15, 0.2) is 11.5 Å². The van der Waals surface area contributed by atoms with Gasteiger partial charge in [0.05, 0.1) is 30.1 Å². The van der Waals surface area contributed by atoms with Crippen molar-refractivity contribution in [3.63, 3.8) is 0 Å². The van der Waals surface area contributed by atoms with E-state index in [9.17, 15) is 9.59 Å². The molecule has 0 bridgehead atoms. The summed E-state index contributed by atoms with van der Waals surface area (Å²) in [7, 11) is 1.48. The zero-order valence-electron chi connectivity index (χ0n) is 19.6. The average Bonchev–Trinajstić information content (AvgIpc) is 2.85. The molecule has 182 valence electrons. The van der Waals surface area contributed by atoms with Crippen molar-refractivity contribution in [3.05, 3.63) is 81.8 Å². The quantitative estimate of drug-likeness (QED) is 0.230. The van der Waals surface area contributed by atoms with Crippen molar-refractivity contribution in [3.8, 4) is 17.2 Å². The number of rotatable bonds is 9. The van der Waals surface area contributed by atoms with E-state index in [4.69, 9.17) is 14.2 Å². The SMILES string of the molecule is CCOc1cc(/C=N/NC(=O)C(=O)Nc2ccccc2OC)cc(Br)c1OCc1ccc(C)cc1. The summed E-state index contributed by atoms with van der Waals surface area (Å²) in [6.07, 6.45) is 1.41. The molecule has 0 unspecified atom stereocenters. The highest BCUT2D eigenvalue weighted by atomic mass is 79.9. The van der Waals surface area contributed by atoms with Gasteiger partial charge in [-0.3, -0.25) is 9.59 Å². The van der Waals surface area contributed by atoms with Crippen molar-refractivity contribution >= 4 is 39.6 Å². The molecule has 0 spiro atoms. The van der Waals surface area contributed by atoms with E-state index >= 15 is 0 Å². The van der Waals surface area contributed by atoms with Crippen LogP contribution in [0.2, 0.25) is 0 Å². The van der Waals surface area contributed by atoms with E-state index in [0.29, 0.717) is 46.2 Å². The zero-order valence-corrected chi connectivity index (χ0v) is 21.2. The number of hydrogen-bond donors (Lipinski definition) is 2. The number of carbonyl (C=O) groups is 2. The molecule has 0 aliphatic carbocycles. The van der Waals surface area contributed by atoms with Crippen LogP contribution in [0.3, 0.4) is 0 Å². The van der Waals surface area contributed by atoms with Gasteiger partial charge in [-0.2, -0.15) is 5.10 Å². The highest BCUT2D eigenvalue weighted by Gasteiger charge is 2.15. The summed E-state index contributed by atoms with van der Waals surface area (Å²) < 4.78 is 17.6. The van der Waals surface area contributed by atoms with Crippen LogP contribution in [0.4, 0.5) is 5.69 Å². The predicted octanol–water partition coefficient (Wildman–Crippen LogP) is 4.83. The number of nitrogens with one attached hydrogen (secondary N) is 2. The van der Waals surface area contributed by atoms with Crippen LogP contribution in [0.1, 0.15) is 23.6 Å². The summed E-state index contributed by atoms with van der Waals surface area (Å²) in [5.74, 6) is -0.271. The third-order valence-electron chi connectivity index (χ3n) is 4.78. The fraction of sp³-hybridized carbons (Fsp3) is 0.192. The van der Waals surface area contributed by atoms with E-state index in [1.807, 2.05) is 38.1 Å². The van der Waals surface area contributed by atoms with Gasteiger partial charge in [-0.25, -0.2) is 5.43 Å². The van der Waals surface area contributed by atoms with Crippen molar-refractivity contribution < 1.29 is 23.8 Å². The molecule has 9 heteroatoms. The zero-order chi connectivity index (χ0) is 25.2. The summed E-state index contributed by atoms with van der Waals surface area (Å²) in [4.78, 5) is 24.3. The number of para-hydroxylation sites is 2.